The number of hydrogen-bond acceptors (Lipinski definition) is 3. The van der Waals surface area contributed by atoms with Gasteiger partial charge < -0.3 is 15.4 Å². The van der Waals surface area contributed by atoms with E-state index in [4.69, 9.17) is 16.3 Å². The molecule has 1 aliphatic rings. The molecule has 2 amide bonds. The van der Waals surface area contributed by atoms with Gasteiger partial charge in [0.25, 0.3) is 5.91 Å². The Kier molecular flexibility index (Phi) is 5.47. The van der Waals surface area contributed by atoms with Crippen LogP contribution in [0, 0.1) is 12.8 Å². The van der Waals surface area contributed by atoms with Crippen LogP contribution in [-0.4, -0.2) is 17.9 Å². The van der Waals surface area contributed by atoms with E-state index in [1.54, 1.807) is 37.3 Å². The van der Waals surface area contributed by atoms with Crippen molar-refractivity contribution in [3.63, 3.8) is 0 Å². The maximum Gasteiger partial charge on any atom is 0.265 e. The van der Waals surface area contributed by atoms with Gasteiger partial charge in [0.1, 0.15) is 5.75 Å². The summed E-state index contributed by atoms with van der Waals surface area (Å²) in [5, 5.41) is 6.29. The molecule has 6 heteroatoms. The van der Waals surface area contributed by atoms with Gasteiger partial charge in [-0.3, -0.25) is 9.59 Å². The van der Waals surface area contributed by atoms with Crippen LogP contribution in [0.25, 0.3) is 0 Å². The Balaban J connectivity index is 1.64. The second-order valence-electron chi connectivity index (χ2n) is 6.50. The van der Waals surface area contributed by atoms with E-state index >= 15 is 0 Å². The normalized spacial score (nSPS) is 14.4. The third-order valence-electron chi connectivity index (χ3n) is 4.19. The van der Waals surface area contributed by atoms with E-state index in [1.807, 2.05) is 19.1 Å². The number of ether oxygens (including phenoxy) is 1. The molecule has 5 nitrogen and oxygen atoms in total. The van der Waals surface area contributed by atoms with Gasteiger partial charge in [-0.15, -0.1) is 0 Å². The third-order valence-corrected chi connectivity index (χ3v) is 4.42. The number of benzene rings is 2. The second kappa shape index (κ2) is 7.79. The van der Waals surface area contributed by atoms with Gasteiger partial charge in [0.15, 0.2) is 6.10 Å². The lowest BCUT2D eigenvalue weighted by molar-refractivity contribution is -0.122. The number of nitrogens with one attached hydrogen (secondary N) is 2. The summed E-state index contributed by atoms with van der Waals surface area (Å²) in [5.41, 5.74) is 2.22. The average molecular weight is 373 g/mol. The highest BCUT2D eigenvalue weighted by molar-refractivity contribution is 6.30. The first-order valence-electron chi connectivity index (χ1n) is 8.57. The molecule has 1 aliphatic carbocycles. The molecule has 3 rings (SSSR count). The van der Waals surface area contributed by atoms with Crippen LogP contribution in [0.1, 0.15) is 25.3 Å². The van der Waals surface area contributed by atoms with Crippen LogP contribution in [-0.2, 0) is 9.59 Å². The lowest BCUT2D eigenvalue weighted by Gasteiger charge is -2.16. The molecule has 1 saturated carbocycles. The second-order valence-corrected chi connectivity index (χ2v) is 6.94. The molecule has 0 heterocycles. The molecule has 0 aliphatic heterocycles. The van der Waals surface area contributed by atoms with Gasteiger partial charge in [-0.25, -0.2) is 0 Å². The van der Waals surface area contributed by atoms with Gasteiger partial charge in [-0.05, 0) is 62.6 Å². The summed E-state index contributed by atoms with van der Waals surface area (Å²) >= 11 is 5.93. The number of hydrogen-bond donors (Lipinski definition) is 2. The molecule has 2 aromatic carbocycles. The van der Waals surface area contributed by atoms with Gasteiger partial charge in [-0.2, -0.15) is 0 Å². The molecule has 136 valence electrons. The molecular formula is C20H21ClN2O3. The summed E-state index contributed by atoms with van der Waals surface area (Å²) in [6.45, 7) is 3.56. The van der Waals surface area contributed by atoms with Gasteiger partial charge in [-0.1, -0.05) is 23.7 Å². The number of aryl methyl sites for hydroxylation is 1. The third kappa shape index (κ3) is 4.76. The molecule has 1 atom stereocenters. The molecule has 0 spiro atoms. The van der Waals surface area contributed by atoms with Crippen molar-refractivity contribution < 1.29 is 14.3 Å². The Labute approximate surface area is 157 Å². The quantitative estimate of drug-likeness (QED) is 0.789. The predicted molar refractivity (Wildman–Crippen MR) is 103 cm³/mol. The molecule has 0 radical (unpaired) electrons. The maximum absolute atomic E-state index is 12.4. The van der Waals surface area contributed by atoms with Crippen molar-refractivity contribution in [3.8, 4) is 5.75 Å². The monoisotopic (exact) mass is 372 g/mol. The van der Waals surface area contributed by atoms with E-state index in [2.05, 4.69) is 10.6 Å². The molecule has 26 heavy (non-hydrogen) atoms. The Hall–Kier alpha value is -2.53. The molecular weight excluding hydrogens is 352 g/mol. The van der Waals surface area contributed by atoms with Crippen LogP contribution >= 0.6 is 11.6 Å². The van der Waals surface area contributed by atoms with Crippen LogP contribution in [0.5, 0.6) is 5.75 Å². The minimum absolute atomic E-state index is 0.0313. The molecule has 1 fully saturated rings. The van der Waals surface area contributed by atoms with Gasteiger partial charge >= 0.3 is 0 Å². The first-order valence-corrected chi connectivity index (χ1v) is 8.95. The zero-order chi connectivity index (χ0) is 18.7. The molecule has 2 N–H and O–H groups in total. The SMILES string of the molecule is Cc1ccc(NC(=O)C2CC2)cc1NC(=O)C(C)Oc1cccc(Cl)c1. The Morgan fingerprint density at radius 3 is 2.62 bits per heavy atom. The fourth-order valence-electron chi connectivity index (χ4n) is 2.46. The minimum Gasteiger partial charge on any atom is -0.481 e. The highest BCUT2D eigenvalue weighted by Gasteiger charge is 2.29. The molecule has 0 saturated heterocycles. The first-order chi connectivity index (χ1) is 12.4. The summed E-state index contributed by atoms with van der Waals surface area (Å²) in [4.78, 5) is 24.4. The predicted octanol–water partition coefficient (Wildman–Crippen LogP) is 4.40. The van der Waals surface area contributed by atoms with Crippen LogP contribution in [0.3, 0.4) is 0 Å². The fourth-order valence-corrected chi connectivity index (χ4v) is 2.64. The first kappa shape index (κ1) is 18.3. The molecule has 0 aromatic heterocycles. The summed E-state index contributed by atoms with van der Waals surface area (Å²) in [6.07, 6.45) is 1.19. The van der Waals surface area contributed by atoms with Crippen molar-refractivity contribution in [2.75, 3.05) is 10.6 Å². The topological polar surface area (TPSA) is 67.4 Å². The van der Waals surface area contributed by atoms with Gasteiger partial charge in [0, 0.05) is 22.3 Å². The van der Waals surface area contributed by atoms with Crippen molar-refractivity contribution in [1.29, 1.82) is 0 Å². The number of halogens is 1. The molecule has 1 unspecified atom stereocenters. The minimum atomic E-state index is -0.697. The van der Waals surface area contributed by atoms with Crippen LogP contribution < -0.4 is 15.4 Å². The average Bonchev–Trinajstić information content (AvgIpc) is 3.43. The lowest BCUT2D eigenvalue weighted by atomic mass is 10.1. The smallest absolute Gasteiger partial charge is 0.265 e. The van der Waals surface area contributed by atoms with E-state index in [0.717, 1.165) is 18.4 Å². The standard InChI is InChI=1S/C20H21ClN2O3/c1-12-6-9-16(22-20(25)14-7-8-14)11-18(12)23-19(24)13(2)26-17-5-3-4-15(21)10-17/h3-6,9-11,13-14H,7-8H2,1-2H3,(H,22,25)(H,23,24). The Bertz CT molecular complexity index is 834. The fraction of sp³-hybridized carbons (Fsp3) is 0.300. The molecule has 0 bridgehead atoms. The van der Waals surface area contributed by atoms with Crippen LogP contribution in [0.4, 0.5) is 11.4 Å². The largest absolute Gasteiger partial charge is 0.481 e. The Morgan fingerprint density at radius 1 is 1.15 bits per heavy atom. The highest BCUT2D eigenvalue weighted by Crippen LogP contribution is 2.31. The zero-order valence-corrected chi connectivity index (χ0v) is 15.5. The van der Waals surface area contributed by atoms with E-state index < -0.39 is 6.10 Å². The van der Waals surface area contributed by atoms with Gasteiger partial charge in [0.05, 0.1) is 0 Å². The van der Waals surface area contributed by atoms with E-state index in [1.165, 1.54) is 0 Å². The Morgan fingerprint density at radius 2 is 1.92 bits per heavy atom. The van der Waals surface area contributed by atoms with Crippen molar-refractivity contribution in [2.45, 2.75) is 32.8 Å². The van der Waals surface area contributed by atoms with Crippen molar-refractivity contribution >= 4 is 34.8 Å². The lowest BCUT2D eigenvalue weighted by Crippen LogP contribution is -2.30. The number of anilines is 2. The van der Waals surface area contributed by atoms with E-state index in [-0.39, 0.29) is 17.7 Å². The van der Waals surface area contributed by atoms with Crippen molar-refractivity contribution in [2.24, 2.45) is 5.92 Å². The van der Waals surface area contributed by atoms with Crippen molar-refractivity contribution in [3.05, 3.63) is 53.1 Å². The number of amides is 2. The molecule has 2 aromatic rings. The maximum atomic E-state index is 12.4. The number of carbonyl (C=O) groups excluding carboxylic acids is 2. The number of rotatable bonds is 6. The zero-order valence-electron chi connectivity index (χ0n) is 14.7. The van der Waals surface area contributed by atoms with Crippen LogP contribution in [0.2, 0.25) is 5.02 Å². The summed E-state index contributed by atoms with van der Waals surface area (Å²) in [7, 11) is 0. The van der Waals surface area contributed by atoms with E-state index in [9.17, 15) is 9.59 Å². The van der Waals surface area contributed by atoms with Crippen molar-refractivity contribution in [1.82, 2.24) is 0 Å². The van der Waals surface area contributed by atoms with E-state index in [0.29, 0.717) is 22.1 Å². The van der Waals surface area contributed by atoms with Crippen LogP contribution in [0.15, 0.2) is 42.5 Å². The summed E-state index contributed by atoms with van der Waals surface area (Å²) in [6, 6.07) is 12.4. The van der Waals surface area contributed by atoms with Gasteiger partial charge in [0.2, 0.25) is 5.91 Å². The summed E-state index contributed by atoms with van der Waals surface area (Å²) in [5.74, 6) is 0.408. The number of carbonyl (C=O) groups is 2. The summed E-state index contributed by atoms with van der Waals surface area (Å²) < 4.78 is 5.64. The highest BCUT2D eigenvalue weighted by atomic mass is 35.5.